The summed E-state index contributed by atoms with van der Waals surface area (Å²) in [5.74, 6) is 0.461. The lowest BCUT2D eigenvalue weighted by atomic mass is 10.1. The Kier molecular flexibility index (Phi) is 3.70. The lowest BCUT2D eigenvalue weighted by Gasteiger charge is -2.18. The summed E-state index contributed by atoms with van der Waals surface area (Å²) in [6, 6.07) is 7.98. The number of hydrogen-bond acceptors (Lipinski definition) is 5. The van der Waals surface area contributed by atoms with Gasteiger partial charge in [-0.15, -0.1) is 11.3 Å². The minimum Gasteiger partial charge on any atom is -0.388 e. The van der Waals surface area contributed by atoms with E-state index >= 15 is 0 Å². The Hall–Kier alpha value is -1.11. The van der Waals surface area contributed by atoms with Crippen LogP contribution in [0.2, 0.25) is 0 Å². The van der Waals surface area contributed by atoms with E-state index in [0.29, 0.717) is 25.3 Å². The van der Waals surface area contributed by atoms with E-state index in [1.54, 1.807) is 23.2 Å². The fourth-order valence-corrected chi connectivity index (χ4v) is 4.26. The molecule has 1 N–H and O–H groups in total. The summed E-state index contributed by atoms with van der Waals surface area (Å²) >= 11 is 3.09. The van der Waals surface area contributed by atoms with Gasteiger partial charge in [0, 0.05) is 13.1 Å². The quantitative estimate of drug-likeness (QED) is 0.885. The molecule has 106 valence electrons. The zero-order chi connectivity index (χ0) is 14.2. The van der Waals surface area contributed by atoms with Crippen LogP contribution < -0.4 is 0 Å². The Morgan fingerprint density at radius 2 is 2.35 bits per heavy atom. The van der Waals surface area contributed by atoms with Gasteiger partial charge in [-0.25, -0.2) is 4.98 Å². The molecule has 1 fully saturated rings. The molecule has 1 atom stereocenters. The second-order valence-electron chi connectivity index (χ2n) is 5.30. The number of thioether (sulfide) groups is 1. The molecule has 1 unspecified atom stereocenters. The van der Waals surface area contributed by atoms with E-state index in [9.17, 15) is 9.90 Å². The number of β-amino-alcohol motifs (C(OH)–C–C–N with tert-alkyl or cyclic N) is 1. The molecule has 0 bridgehead atoms. The first-order chi connectivity index (χ1) is 9.53. The van der Waals surface area contributed by atoms with E-state index in [1.165, 1.54) is 11.8 Å². The average Bonchev–Trinajstić information content (AvgIpc) is 2.98. The summed E-state index contributed by atoms with van der Waals surface area (Å²) in [6.07, 6.45) is 0.657. The highest BCUT2D eigenvalue weighted by Gasteiger charge is 2.33. The number of thiazole rings is 1. The number of likely N-dealkylation sites (tertiary alicyclic amines) is 1. The summed E-state index contributed by atoms with van der Waals surface area (Å²) in [5, 5.41) is 9.88. The lowest BCUT2D eigenvalue weighted by molar-refractivity contribution is -0.128. The van der Waals surface area contributed by atoms with Gasteiger partial charge in [-0.1, -0.05) is 23.9 Å². The van der Waals surface area contributed by atoms with Gasteiger partial charge >= 0.3 is 0 Å². The van der Waals surface area contributed by atoms with Crippen molar-refractivity contribution in [2.75, 3.05) is 18.8 Å². The topological polar surface area (TPSA) is 53.4 Å². The third-order valence-electron chi connectivity index (χ3n) is 3.40. The SMILES string of the molecule is CC1(O)CCN(C(=O)CSc2nc3ccccc3s2)C1. The van der Waals surface area contributed by atoms with Crippen molar-refractivity contribution in [1.82, 2.24) is 9.88 Å². The summed E-state index contributed by atoms with van der Waals surface area (Å²) in [6.45, 7) is 2.86. The number of carbonyl (C=O) groups excluding carboxylic acids is 1. The van der Waals surface area contributed by atoms with Crippen molar-refractivity contribution in [1.29, 1.82) is 0 Å². The Bertz CT molecular complexity index is 606. The normalized spacial score (nSPS) is 22.6. The maximum absolute atomic E-state index is 12.1. The lowest BCUT2D eigenvalue weighted by Crippen LogP contribution is -2.34. The van der Waals surface area contributed by atoms with Crippen LogP contribution in [-0.4, -0.2) is 45.3 Å². The zero-order valence-corrected chi connectivity index (χ0v) is 12.8. The Morgan fingerprint density at radius 3 is 3.05 bits per heavy atom. The number of rotatable bonds is 3. The van der Waals surface area contributed by atoms with Crippen molar-refractivity contribution >= 4 is 39.2 Å². The molecule has 0 saturated carbocycles. The van der Waals surface area contributed by atoms with E-state index < -0.39 is 5.60 Å². The van der Waals surface area contributed by atoms with Gasteiger partial charge in [0.15, 0.2) is 4.34 Å². The highest BCUT2D eigenvalue weighted by molar-refractivity contribution is 8.01. The number of aromatic nitrogens is 1. The molecule has 20 heavy (non-hydrogen) atoms. The molecule has 1 amide bonds. The summed E-state index contributed by atoms with van der Waals surface area (Å²) in [5.41, 5.74) is 0.257. The molecule has 1 aromatic carbocycles. The Labute approximate surface area is 125 Å². The van der Waals surface area contributed by atoms with E-state index in [2.05, 4.69) is 4.98 Å². The average molecular weight is 308 g/mol. The van der Waals surface area contributed by atoms with Gasteiger partial charge in [-0.2, -0.15) is 0 Å². The van der Waals surface area contributed by atoms with Crippen molar-refractivity contribution in [2.24, 2.45) is 0 Å². The van der Waals surface area contributed by atoms with Gasteiger partial charge in [0.25, 0.3) is 0 Å². The second-order valence-corrected chi connectivity index (χ2v) is 7.55. The van der Waals surface area contributed by atoms with Gasteiger partial charge in [0.05, 0.1) is 21.6 Å². The molecule has 0 spiro atoms. The van der Waals surface area contributed by atoms with Gasteiger partial charge in [0.2, 0.25) is 5.91 Å². The number of hydrogen-bond donors (Lipinski definition) is 1. The Balaban J connectivity index is 1.60. The van der Waals surface area contributed by atoms with Crippen LogP contribution in [0.3, 0.4) is 0 Å². The van der Waals surface area contributed by atoms with Crippen molar-refractivity contribution in [3.05, 3.63) is 24.3 Å². The first-order valence-corrected chi connectivity index (χ1v) is 8.32. The molecular weight excluding hydrogens is 292 g/mol. The Morgan fingerprint density at radius 1 is 1.55 bits per heavy atom. The van der Waals surface area contributed by atoms with Crippen molar-refractivity contribution in [2.45, 2.75) is 23.3 Å². The van der Waals surface area contributed by atoms with Gasteiger partial charge in [0.1, 0.15) is 0 Å². The van der Waals surface area contributed by atoms with Crippen LogP contribution in [0, 0.1) is 0 Å². The monoisotopic (exact) mass is 308 g/mol. The first kappa shape index (κ1) is 13.9. The number of aliphatic hydroxyl groups is 1. The van der Waals surface area contributed by atoms with Crippen LogP contribution in [0.5, 0.6) is 0 Å². The number of benzene rings is 1. The van der Waals surface area contributed by atoms with E-state index in [-0.39, 0.29) is 5.91 Å². The predicted molar refractivity (Wildman–Crippen MR) is 82.2 cm³/mol. The van der Waals surface area contributed by atoms with E-state index in [0.717, 1.165) is 14.6 Å². The van der Waals surface area contributed by atoms with Crippen LogP contribution in [-0.2, 0) is 4.79 Å². The summed E-state index contributed by atoms with van der Waals surface area (Å²) < 4.78 is 2.07. The largest absolute Gasteiger partial charge is 0.388 e. The van der Waals surface area contributed by atoms with E-state index in [1.807, 2.05) is 24.3 Å². The van der Waals surface area contributed by atoms with Crippen LogP contribution in [0.15, 0.2) is 28.6 Å². The molecular formula is C14H16N2O2S2. The van der Waals surface area contributed by atoms with Crippen molar-refractivity contribution in [3.8, 4) is 0 Å². The van der Waals surface area contributed by atoms with Crippen molar-refractivity contribution < 1.29 is 9.90 Å². The molecule has 2 heterocycles. The highest BCUT2D eigenvalue weighted by atomic mass is 32.2. The van der Waals surface area contributed by atoms with Crippen LogP contribution in [0.1, 0.15) is 13.3 Å². The standard InChI is InChI=1S/C14H16N2O2S2/c1-14(18)6-7-16(9-14)12(17)8-19-13-15-10-4-2-3-5-11(10)20-13/h2-5,18H,6-9H2,1H3. The molecule has 0 aliphatic carbocycles. The van der Waals surface area contributed by atoms with Gasteiger partial charge in [-0.05, 0) is 25.5 Å². The highest BCUT2D eigenvalue weighted by Crippen LogP contribution is 2.30. The number of fused-ring (bicyclic) bond motifs is 1. The molecule has 6 heteroatoms. The molecule has 1 aromatic heterocycles. The number of para-hydroxylation sites is 1. The zero-order valence-electron chi connectivity index (χ0n) is 11.2. The fraction of sp³-hybridized carbons (Fsp3) is 0.429. The van der Waals surface area contributed by atoms with Gasteiger partial charge < -0.3 is 10.0 Å². The van der Waals surface area contributed by atoms with Crippen LogP contribution >= 0.6 is 23.1 Å². The maximum atomic E-state index is 12.1. The van der Waals surface area contributed by atoms with E-state index in [4.69, 9.17) is 0 Å². The molecule has 2 aromatic rings. The molecule has 1 saturated heterocycles. The minimum atomic E-state index is -0.726. The van der Waals surface area contributed by atoms with Crippen molar-refractivity contribution in [3.63, 3.8) is 0 Å². The summed E-state index contributed by atoms with van der Waals surface area (Å²) in [4.78, 5) is 18.3. The maximum Gasteiger partial charge on any atom is 0.233 e. The number of carbonyl (C=O) groups is 1. The smallest absolute Gasteiger partial charge is 0.233 e. The number of amides is 1. The fourth-order valence-electron chi connectivity index (χ4n) is 2.29. The second kappa shape index (κ2) is 5.35. The van der Waals surface area contributed by atoms with Crippen LogP contribution in [0.4, 0.5) is 0 Å². The summed E-state index contributed by atoms with van der Waals surface area (Å²) in [7, 11) is 0. The minimum absolute atomic E-state index is 0.0760. The van der Waals surface area contributed by atoms with Crippen LogP contribution in [0.25, 0.3) is 10.2 Å². The van der Waals surface area contributed by atoms with Gasteiger partial charge in [-0.3, -0.25) is 4.79 Å². The molecule has 1 aliphatic heterocycles. The molecule has 0 radical (unpaired) electrons. The molecule has 4 nitrogen and oxygen atoms in total. The number of nitrogens with zero attached hydrogens (tertiary/aromatic N) is 2. The molecule has 1 aliphatic rings. The third-order valence-corrected chi connectivity index (χ3v) is 5.56. The third kappa shape index (κ3) is 2.97. The molecule has 3 rings (SSSR count). The first-order valence-electron chi connectivity index (χ1n) is 6.52. The predicted octanol–water partition coefficient (Wildman–Crippen LogP) is 2.37.